The van der Waals surface area contributed by atoms with E-state index in [1.807, 2.05) is 18.2 Å². The summed E-state index contributed by atoms with van der Waals surface area (Å²) in [6.45, 7) is 0.599. The fourth-order valence-corrected chi connectivity index (χ4v) is 2.65. The summed E-state index contributed by atoms with van der Waals surface area (Å²) in [5.41, 5.74) is 1.01. The van der Waals surface area contributed by atoms with Crippen LogP contribution >= 0.6 is 11.3 Å². The summed E-state index contributed by atoms with van der Waals surface area (Å²) < 4.78 is 2.97. The Morgan fingerprint density at radius 3 is 3.06 bits per heavy atom. The van der Waals surface area contributed by atoms with Crippen molar-refractivity contribution in [3.63, 3.8) is 0 Å². The zero-order valence-corrected chi connectivity index (χ0v) is 9.68. The average Bonchev–Trinajstić information content (AvgIpc) is 2.94. The highest BCUT2D eigenvalue weighted by Crippen LogP contribution is 2.22. The number of nitrogens with zero attached hydrogens (tertiary/aromatic N) is 4. The molecule has 82 valence electrons. The summed E-state index contributed by atoms with van der Waals surface area (Å²) in [6, 6.07) is 10.1. The fraction of sp³-hybridized carbons (Fsp3) is 0.0833. The molecule has 0 unspecified atom stereocenters. The van der Waals surface area contributed by atoms with Gasteiger partial charge in [0.05, 0.1) is 16.8 Å². The average molecular weight is 240 g/mol. The molecule has 0 radical (unpaired) electrons. The summed E-state index contributed by atoms with van der Waals surface area (Å²) in [7, 11) is 0. The second-order valence-corrected chi connectivity index (χ2v) is 4.68. The van der Waals surface area contributed by atoms with E-state index in [0.717, 1.165) is 10.5 Å². The minimum absolute atomic E-state index is 0.421. The first-order valence-electron chi connectivity index (χ1n) is 5.12. The van der Waals surface area contributed by atoms with Gasteiger partial charge >= 0.3 is 0 Å². The van der Waals surface area contributed by atoms with E-state index in [2.05, 4.69) is 22.1 Å². The van der Waals surface area contributed by atoms with Crippen molar-refractivity contribution >= 4 is 21.6 Å². The van der Waals surface area contributed by atoms with Gasteiger partial charge in [0, 0.05) is 12.4 Å². The Kier molecular flexibility index (Phi) is 2.35. The van der Waals surface area contributed by atoms with Crippen LogP contribution in [0.2, 0.25) is 0 Å². The number of thiazole rings is 1. The lowest BCUT2D eigenvalue weighted by molar-refractivity contribution is 0.778. The SMILES string of the molecule is N#Cc1nccn1Cc1nc2ccccc2s1. The van der Waals surface area contributed by atoms with Crippen LogP contribution in [0.5, 0.6) is 0 Å². The van der Waals surface area contributed by atoms with Crippen LogP contribution in [-0.4, -0.2) is 14.5 Å². The largest absolute Gasteiger partial charge is 0.316 e. The third kappa shape index (κ3) is 1.79. The van der Waals surface area contributed by atoms with Crippen LogP contribution in [0.3, 0.4) is 0 Å². The van der Waals surface area contributed by atoms with E-state index < -0.39 is 0 Å². The second-order valence-electron chi connectivity index (χ2n) is 3.57. The molecule has 2 heterocycles. The Hall–Kier alpha value is -2.19. The minimum atomic E-state index is 0.421. The number of para-hydroxylation sites is 1. The van der Waals surface area contributed by atoms with Crippen LogP contribution in [0, 0.1) is 11.3 Å². The number of nitriles is 1. The predicted octanol–water partition coefficient (Wildman–Crippen LogP) is 2.41. The molecule has 0 saturated heterocycles. The first-order valence-corrected chi connectivity index (χ1v) is 5.94. The summed E-state index contributed by atoms with van der Waals surface area (Å²) in [4.78, 5) is 8.49. The highest BCUT2D eigenvalue weighted by atomic mass is 32.1. The molecule has 3 aromatic rings. The molecule has 5 heteroatoms. The molecular weight excluding hydrogens is 232 g/mol. The summed E-state index contributed by atoms with van der Waals surface area (Å²) in [5, 5.41) is 9.86. The molecule has 0 aliphatic carbocycles. The normalized spacial score (nSPS) is 10.5. The molecule has 0 N–H and O–H groups in total. The maximum absolute atomic E-state index is 8.87. The number of imidazole rings is 1. The van der Waals surface area contributed by atoms with Gasteiger partial charge in [-0.3, -0.25) is 0 Å². The van der Waals surface area contributed by atoms with Gasteiger partial charge in [-0.05, 0) is 12.1 Å². The van der Waals surface area contributed by atoms with Gasteiger partial charge in [-0.2, -0.15) is 5.26 Å². The maximum Gasteiger partial charge on any atom is 0.213 e. The Morgan fingerprint density at radius 1 is 1.35 bits per heavy atom. The van der Waals surface area contributed by atoms with Gasteiger partial charge in [0.25, 0.3) is 0 Å². The van der Waals surface area contributed by atoms with E-state index in [0.29, 0.717) is 12.4 Å². The molecule has 0 atom stereocenters. The smallest absolute Gasteiger partial charge is 0.213 e. The lowest BCUT2D eigenvalue weighted by Crippen LogP contribution is -2.00. The zero-order chi connectivity index (χ0) is 11.7. The summed E-state index contributed by atoms with van der Waals surface area (Å²) in [5.74, 6) is 0.421. The zero-order valence-electron chi connectivity index (χ0n) is 8.87. The molecule has 0 saturated carbocycles. The summed E-state index contributed by atoms with van der Waals surface area (Å²) >= 11 is 1.65. The van der Waals surface area contributed by atoms with Gasteiger partial charge < -0.3 is 4.57 Å². The van der Waals surface area contributed by atoms with Crippen LogP contribution in [0.25, 0.3) is 10.2 Å². The molecule has 2 aromatic heterocycles. The van der Waals surface area contributed by atoms with Crippen molar-refractivity contribution in [1.82, 2.24) is 14.5 Å². The number of aromatic nitrogens is 3. The molecule has 17 heavy (non-hydrogen) atoms. The van der Waals surface area contributed by atoms with Crippen molar-refractivity contribution in [2.45, 2.75) is 6.54 Å². The van der Waals surface area contributed by atoms with E-state index >= 15 is 0 Å². The standard InChI is InChI=1S/C12H8N4S/c13-7-11-14-5-6-16(11)8-12-15-9-3-1-2-4-10(9)17-12/h1-6H,8H2. The van der Waals surface area contributed by atoms with Crippen LogP contribution < -0.4 is 0 Å². The van der Waals surface area contributed by atoms with Gasteiger partial charge in [-0.15, -0.1) is 11.3 Å². The minimum Gasteiger partial charge on any atom is -0.316 e. The monoisotopic (exact) mass is 240 g/mol. The number of benzene rings is 1. The quantitative estimate of drug-likeness (QED) is 0.691. The van der Waals surface area contributed by atoms with Crippen molar-refractivity contribution < 1.29 is 0 Å². The Morgan fingerprint density at radius 2 is 2.24 bits per heavy atom. The number of fused-ring (bicyclic) bond motifs is 1. The van der Waals surface area contributed by atoms with Crippen molar-refractivity contribution in [2.24, 2.45) is 0 Å². The van der Waals surface area contributed by atoms with E-state index in [-0.39, 0.29) is 0 Å². The van der Waals surface area contributed by atoms with E-state index in [1.54, 1.807) is 28.3 Å². The molecular formula is C12H8N4S. The second kappa shape index (κ2) is 4.00. The van der Waals surface area contributed by atoms with Crippen LogP contribution in [-0.2, 0) is 6.54 Å². The predicted molar refractivity (Wildman–Crippen MR) is 65.7 cm³/mol. The Bertz CT molecular complexity index is 671. The highest BCUT2D eigenvalue weighted by molar-refractivity contribution is 7.18. The Balaban J connectivity index is 1.98. The van der Waals surface area contributed by atoms with E-state index in [9.17, 15) is 0 Å². The molecule has 1 aromatic carbocycles. The Labute approximate surface area is 102 Å². The van der Waals surface area contributed by atoms with Crippen LogP contribution in [0.4, 0.5) is 0 Å². The molecule has 0 spiro atoms. The van der Waals surface area contributed by atoms with E-state index in [4.69, 9.17) is 5.26 Å². The lowest BCUT2D eigenvalue weighted by Gasteiger charge is -1.98. The first-order chi connectivity index (χ1) is 8.36. The third-order valence-corrected chi connectivity index (χ3v) is 3.48. The number of hydrogen-bond acceptors (Lipinski definition) is 4. The summed E-state index contributed by atoms with van der Waals surface area (Å²) in [6.07, 6.45) is 3.43. The molecule has 0 bridgehead atoms. The molecule has 0 amide bonds. The first kappa shape index (κ1) is 10.00. The van der Waals surface area contributed by atoms with Crippen molar-refractivity contribution in [2.75, 3.05) is 0 Å². The van der Waals surface area contributed by atoms with E-state index in [1.165, 1.54) is 4.70 Å². The van der Waals surface area contributed by atoms with Gasteiger partial charge in [0.1, 0.15) is 11.1 Å². The van der Waals surface area contributed by atoms with Gasteiger partial charge in [-0.1, -0.05) is 12.1 Å². The highest BCUT2D eigenvalue weighted by Gasteiger charge is 2.06. The number of rotatable bonds is 2. The molecule has 3 rings (SSSR count). The van der Waals surface area contributed by atoms with Crippen molar-refractivity contribution in [3.8, 4) is 6.07 Å². The lowest BCUT2D eigenvalue weighted by atomic mass is 10.3. The maximum atomic E-state index is 8.87. The molecule has 0 aliphatic heterocycles. The van der Waals surface area contributed by atoms with Crippen molar-refractivity contribution in [3.05, 3.63) is 47.5 Å². The molecule has 0 aliphatic rings. The van der Waals surface area contributed by atoms with Gasteiger partial charge in [-0.25, -0.2) is 9.97 Å². The van der Waals surface area contributed by atoms with Crippen LogP contribution in [0.1, 0.15) is 10.8 Å². The van der Waals surface area contributed by atoms with Crippen molar-refractivity contribution in [1.29, 1.82) is 5.26 Å². The molecule has 0 fully saturated rings. The number of hydrogen-bond donors (Lipinski definition) is 0. The van der Waals surface area contributed by atoms with Gasteiger partial charge in [0.15, 0.2) is 0 Å². The van der Waals surface area contributed by atoms with Gasteiger partial charge in [0.2, 0.25) is 5.82 Å². The topological polar surface area (TPSA) is 54.5 Å². The third-order valence-electron chi connectivity index (χ3n) is 2.46. The van der Waals surface area contributed by atoms with Crippen LogP contribution in [0.15, 0.2) is 36.7 Å². The fourth-order valence-electron chi connectivity index (χ4n) is 1.68. The molecule has 4 nitrogen and oxygen atoms in total.